The number of imidazole rings is 1. The summed E-state index contributed by atoms with van der Waals surface area (Å²) in [5, 5.41) is 2.88. The van der Waals surface area contributed by atoms with Crippen LogP contribution in [0.5, 0.6) is 0 Å². The van der Waals surface area contributed by atoms with E-state index in [0.29, 0.717) is 18.5 Å². The maximum atomic E-state index is 5.78. The van der Waals surface area contributed by atoms with Gasteiger partial charge in [-0.05, 0) is 19.9 Å². The summed E-state index contributed by atoms with van der Waals surface area (Å²) < 4.78 is 0. The number of hydrogen-bond acceptors (Lipinski definition) is 4. The molecule has 0 radical (unpaired) electrons. The average molecular weight is 259 g/mol. The first-order valence-corrected chi connectivity index (χ1v) is 6.00. The Morgan fingerprint density at radius 3 is 2.74 bits per heavy atom. The maximum Gasteiger partial charge on any atom is 0.229 e. The summed E-state index contributed by atoms with van der Waals surface area (Å²) in [6.07, 6.45) is 4.17. The second-order valence-corrected chi connectivity index (χ2v) is 4.19. The van der Waals surface area contributed by atoms with E-state index >= 15 is 0 Å². The van der Waals surface area contributed by atoms with E-state index in [2.05, 4.69) is 30.2 Å². The van der Waals surface area contributed by atoms with Crippen LogP contribution in [-0.4, -0.2) is 32.4 Å². The largest absolute Gasteiger partial charge is 0.370 e. The van der Waals surface area contributed by atoms with Crippen LogP contribution in [0.2, 0.25) is 0 Å². The van der Waals surface area contributed by atoms with Crippen molar-refractivity contribution < 1.29 is 0 Å². The van der Waals surface area contributed by atoms with Gasteiger partial charge in [-0.1, -0.05) is 0 Å². The zero-order valence-corrected chi connectivity index (χ0v) is 11.0. The van der Waals surface area contributed by atoms with Gasteiger partial charge < -0.3 is 10.7 Å². The smallest absolute Gasteiger partial charge is 0.229 e. The van der Waals surface area contributed by atoms with Crippen LogP contribution in [-0.2, 0) is 6.42 Å². The summed E-state index contributed by atoms with van der Waals surface area (Å²) in [5.41, 5.74) is 8.58. The number of aryl methyl sites for hydroxylation is 2. The number of aromatic amines is 1. The summed E-state index contributed by atoms with van der Waals surface area (Å²) >= 11 is 0. The molecular formula is C12H17N7. The molecule has 0 spiro atoms. The lowest BCUT2D eigenvalue weighted by Gasteiger charge is -2.05. The molecule has 4 N–H and O–H groups in total. The third-order valence-electron chi connectivity index (χ3n) is 2.44. The van der Waals surface area contributed by atoms with Crippen molar-refractivity contribution in [2.45, 2.75) is 20.3 Å². The summed E-state index contributed by atoms with van der Waals surface area (Å²) in [7, 11) is 0. The summed E-state index contributed by atoms with van der Waals surface area (Å²) in [5.74, 6) is 0.782. The molecule has 0 aliphatic rings. The molecule has 0 bridgehead atoms. The van der Waals surface area contributed by atoms with E-state index in [1.165, 1.54) is 0 Å². The quantitative estimate of drug-likeness (QED) is 0.556. The van der Waals surface area contributed by atoms with Crippen molar-refractivity contribution in [3.63, 3.8) is 0 Å². The molecule has 100 valence electrons. The number of guanidine groups is 1. The molecule has 0 aliphatic heterocycles. The Balaban J connectivity index is 1.90. The third-order valence-corrected chi connectivity index (χ3v) is 2.44. The topological polar surface area (TPSA) is 105 Å². The molecule has 19 heavy (non-hydrogen) atoms. The van der Waals surface area contributed by atoms with Crippen LogP contribution in [0.1, 0.15) is 17.1 Å². The monoisotopic (exact) mass is 259 g/mol. The highest BCUT2D eigenvalue weighted by Crippen LogP contribution is 2.03. The average Bonchev–Trinajstić information content (AvgIpc) is 2.80. The molecule has 2 aromatic heterocycles. The summed E-state index contributed by atoms with van der Waals surface area (Å²) in [6, 6.07) is 1.90. The SMILES string of the molecule is Cc1cc(C)nc(NC(N)=NCCc2cnc[nH]2)n1. The van der Waals surface area contributed by atoms with Crippen molar-refractivity contribution in [1.82, 2.24) is 19.9 Å². The normalized spacial score (nSPS) is 11.6. The zero-order chi connectivity index (χ0) is 13.7. The molecule has 7 heteroatoms. The van der Waals surface area contributed by atoms with Gasteiger partial charge >= 0.3 is 0 Å². The number of nitrogens with two attached hydrogens (primary N) is 1. The number of aromatic nitrogens is 4. The predicted molar refractivity (Wildman–Crippen MR) is 73.9 cm³/mol. The Morgan fingerprint density at radius 1 is 1.37 bits per heavy atom. The number of aliphatic imine (C=N–C) groups is 1. The molecule has 0 amide bonds. The van der Waals surface area contributed by atoms with Gasteiger partial charge in [0.25, 0.3) is 0 Å². The van der Waals surface area contributed by atoms with Crippen LogP contribution in [0.3, 0.4) is 0 Å². The van der Waals surface area contributed by atoms with E-state index in [4.69, 9.17) is 5.73 Å². The van der Waals surface area contributed by atoms with E-state index in [-0.39, 0.29) is 0 Å². The van der Waals surface area contributed by atoms with Crippen molar-refractivity contribution in [3.8, 4) is 0 Å². The van der Waals surface area contributed by atoms with E-state index in [0.717, 1.165) is 23.5 Å². The number of H-pyrrole nitrogens is 1. The van der Waals surface area contributed by atoms with Crippen molar-refractivity contribution >= 4 is 11.9 Å². The van der Waals surface area contributed by atoms with Gasteiger partial charge in [0.15, 0.2) is 5.96 Å². The second kappa shape index (κ2) is 5.94. The molecule has 0 aliphatic carbocycles. The van der Waals surface area contributed by atoms with Gasteiger partial charge in [-0.3, -0.25) is 10.3 Å². The maximum absolute atomic E-state index is 5.78. The first-order valence-electron chi connectivity index (χ1n) is 6.00. The molecule has 2 rings (SSSR count). The van der Waals surface area contributed by atoms with E-state index in [1.807, 2.05) is 19.9 Å². The van der Waals surface area contributed by atoms with Crippen molar-refractivity contribution in [1.29, 1.82) is 0 Å². The standard InChI is InChI=1S/C12H17N7/c1-8-5-9(2)18-12(17-8)19-11(13)15-4-3-10-6-14-7-16-10/h5-7H,3-4H2,1-2H3,(H,14,16)(H3,13,15,17,18,19). The van der Waals surface area contributed by atoms with E-state index in [9.17, 15) is 0 Å². The summed E-state index contributed by atoms with van der Waals surface area (Å²) in [6.45, 7) is 4.39. The molecule has 0 fully saturated rings. The molecule has 0 saturated heterocycles. The number of hydrogen-bond donors (Lipinski definition) is 3. The Morgan fingerprint density at radius 2 is 2.11 bits per heavy atom. The Hall–Kier alpha value is -2.44. The number of anilines is 1. The fourth-order valence-electron chi connectivity index (χ4n) is 1.65. The lowest BCUT2D eigenvalue weighted by molar-refractivity contribution is 0.931. The summed E-state index contributed by atoms with van der Waals surface area (Å²) in [4.78, 5) is 19.6. The second-order valence-electron chi connectivity index (χ2n) is 4.19. The van der Waals surface area contributed by atoms with E-state index in [1.54, 1.807) is 12.5 Å². The van der Waals surface area contributed by atoms with Crippen LogP contribution >= 0.6 is 0 Å². The lowest BCUT2D eigenvalue weighted by Crippen LogP contribution is -2.24. The fraction of sp³-hybridized carbons (Fsp3) is 0.333. The molecule has 2 aromatic rings. The Labute approximate surface area is 111 Å². The van der Waals surface area contributed by atoms with E-state index < -0.39 is 0 Å². The van der Waals surface area contributed by atoms with Gasteiger partial charge in [-0.25, -0.2) is 15.0 Å². The third kappa shape index (κ3) is 4.06. The number of nitrogens with zero attached hydrogens (tertiary/aromatic N) is 4. The minimum atomic E-state index is 0.310. The van der Waals surface area contributed by atoms with Crippen LogP contribution in [0.4, 0.5) is 5.95 Å². The molecule has 0 atom stereocenters. The van der Waals surface area contributed by atoms with Crippen molar-refractivity contribution in [3.05, 3.63) is 35.7 Å². The minimum Gasteiger partial charge on any atom is -0.370 e. The van der Waals surface area contributed by atoms with Crippen LogP contribution in [0.15, 0.2) is 23.6 Å². The van der Waals surface area contributed by atoms with Crippen molar-refractivity contribution in [2.75, 3.05) is 11.9 Å². The highest BCUT2D eigenvalue weighted by Gasteiger charge is 2.00. The van der Waals surface area contributed by atoms with Crippen LogP contribution in [0.25, 0.3) is 0 Å². The van der Waals surface area contributed by atoms with Gasteiger partial charge in [0, 0.05) is 36.2 Å². The molecular weight excluding hydrogens is 242 g/mol. The van der Waals surface area contributed by atoms with Gasteiger partial charge in [0.1, 0.15) is 0 Å². The number of nitrogens with one attached hydrogen (secondary N) is 2. The highest BCUT2D eigenvalue weighted by atomic mass is 15.2. The molecule has 0 unspecified atom stereocenters. The first kappa shape index (κ1) is 13.0. The fourth-order valence-corrected chi connectivity index (χ4v) is 1.65. The predicted octanol–water partition coefficient (Wildman–Crippen LogP) is 0.786. The molecule has 7 nitrogen and oxygen atoms in total. The minimum absolute atomic E-state index is 0.310. The number of rotatable bonds is 4. The molecule has 0 saturated carbocycles. The Kier molecular flexibility index (Phi) is 4.07. The Bertz CT molecular complexity index is 539. The highest BCUT2D eigenvalue weighted by molar-refractivity contribution is 5.90. The van der Waals surface area contributed by atoms with Crippen LogP contribution < -0.4 is 11.1 Å². The molecule has 2 heterocycles. The first-order chi connectivity index (χ1) is 9.13. The van der Waals surface area contributed by atoms with Gasteiger partial charge in [0.05, 0.1) is 6.33 Å². The van der Waals surface area contributed by atoms with Crippen molar-refractivity contribution in [2.24, 2.45) is 10.7 Å². The van der Waals surface area contributed by atoms with Gasteiger partial charge in [0.2, 0.25) is 5.95 Å². The zero-order valence-electron chi connectivity index (χ0n) is 11.0. The lowest BCUT2D eigenvalue weighted by atomic mass is 10.3. The van der Waals surface area contributed by atoms with Gasteiger partial charge in [-0.15, -0.1) is 0 Å². The molecule has 0 aromatic carbocycles. The van der Waals surface area contributed by atoms with Gasteiger partial charge in [-0.2, -0.15) is 0 Å². The van der Waals surface area contributed by atoms with Crippen LogP contribution in [0, 0.1) is 13.8 Å².